The molecule has 4 bridgehead atoms. The Hall–Kier alpha value is -2.69. The average Bonchev–Trinajstić information content (AvgIpc) is 2.94. The number of aromatic nitrogens is 2. The van der Waals surface area contributed by atoms with Crippen LogP contribution in [-0.2, 0) is 11.3 Å². The van der Waals surface area contributed by atoms with E-state index in [0.717, 1.165) is 36.3 Å². The summed E-state index contributed by atoms with van der Waals surface area (Å²) in [7, 11) is 0. The summed E-state index contributed by atoms with van der Waals surface area (Å²) in [6.07, 6.45) is 13.6. The Labute approximate surface area is 242 Å². The molecule has 40 heavy (non-hydrogen) atoms. The van der Waals surface area contributed by atoms with Gasteiger partial charge in [-0.3, -0.25) is 0 Å². The summed E-state index contributed by atoms with van der Waals surface area (Å²) >= 11 is 6.30. The molecule has 7 nitrogen and oxygen atoms in total. The van der Waals surface area contributed by atoms with Gasteiger partial charge < -0.3 is 20.7 Å². The van der Waals surface area contributed by atoms with E-state index in [-0.39, 0.29) is 5.41 Å². The van der Waals surface area contributed by atoms with Crippen LogP contribution >= 0.6 is 11.6 Å². The highest BCUT2D eigenvalue weighted by molar-refractivity contribution is 6.31. The van der Waals surface area contributed by atoms with Gasteiger partial charge in [-0.2, -0.15) is 10.2 Å². The summed E-state index contributed by atoms with van der Waals surface area (Å²) in [5, 5.41) is 21.4. The molecule has 7 rings (SSSR count). The van der Waals surface area contributed by atoms with Gasteiger partial charge in [0, 0.05) is 36.6 Å². The van der Waals surface area contributed by atoms with Crippen molar-refractivity contribution >= 4 is 29.2 Å². The number of halogens is 1. The summed E-state index contributed by atoms with van der Waals surface area (Å²) in [4.78, 5) is 20.6. The first-order valence-electron chi connectivity index (χ1n) is 15.1. The van der Waals surface area contributed by atoms with E-state index in [0.29, 0.717) is 52.7 Å². The number of carbonyl (C=O) groups is 1. The van der Waals surface area contributed by atoms with Crippen LogP contribution in [0, 0.1) is 40.4 Å². The lowest BCUT2D eigenvalue weighted by Gasteiger charge is -2.61. The molecular formula is C32H41ClN6O. The standard InChI is InChI=1S/C32H41ClN6O/c1-20(40)10-21-6-8-27(9-7-21)38-29-24-11-22-12-25(29)15-32(13-22,14-24)19-37-30-26(16-34)18-36-31(39-30)35-17-23-4-2-3-5-28(23)33/h2-5,18,21-22,24-25,27,29,38H,6-15,17,19H2,1H3,(H2,35,36,37,39)/t21?,22?,24-,25+,27?,29?,32?. The van der Waals surface area contributed by atoms with Crippen molar-refractivity contribution in [2.75, 3.05) is 17.2 Å². The highest BCUT2D eigenvalue weighted by atomic mass is 35.5. The SMILES string of the molecule is CC(=O)CC1CCC(NC2[C@@H]3CC4C[C@H]2CC(CNc2nc(NCc5ccccc5Cl)ncc2C#N)(C4)C3)CC1. The molecule has 1 aromatic carbocycles. The highest BCUT2D eigenvalue weighted by Crippen LogP contribution is 2.60. The summed E-state index contributed by atoms with van der Waals surface area (Å²) in [5.41, 5.74) is 1.73. The Morgan fingerprint density at radius 1 is 1.10 bits per heavy atom. The number of anilines is 2. The molecule has 5 aliphatic rings. The molecule has 5 fully saturated rings. The molecule has 212 valence electrons. The maximum Gasteiger partial charge on any atom is 0.224 e. The van der Waals surface area contributed by atoms with Crippen LogP contribution in [0.4, 0.5) is 11.8 Å². The zero-order valence-corrected chi connectivity index (χ0v) is 24.2. The zero-order valence-electron chi connectivity index (χ0n) is 23.5. The fourth-order valence-corrected chi connectivity index (χ4v) is 8.87. The molecule has 0 saturated heterocycles. The molecule has 0 amide bonds. The third-order valence-electron chi connectivity index (χ3n) is 10.2. The number of nitriles is 1. The van der Waals surface area contributed by atoms with Gasteiger partial charge in [0.2, 0.25) is 5.95 Å². The van der Waals surface area contributed by atoms with E-state index >= 15 is 0 Å². The second-order valence-electron chi connectivity index (χ2n) is 13.2. The summed E-state index contributed by atoms with van der Waals surface area (Å²) < 4.78 is 0. The van der Waals surface area contributed by atoms with E-state index in [1.807, 2.05) is 24.3 Å². The van der Waals surface area contributed by atoms with Crippen LogP contribution in [-0.4, -0.2) is 34.4 Å². The number of nitrogens with one attached hydrogen (secondary N) is 3. The number of ketones is 1. The van der Waals surface area contributed by atoms with Crippen LogP contribution in [0.25, 0.3) is 0 Å². The van der Waals surface area contributed by atoms with Gasteiger partial charge in [-0.05, 0) is 105 Å². The Kier molecular flexibility index (Phi) is 8.01. The second kappa shape index (κ2) is 11.7. The maximum absolute atomic E-state index is 11.5. The fraction of sp³-hybridized carbons (Fsp3) is 0.625. The minimum Gasteiger partial charge on any atom is -0.368 e. The van der Waals surface area contributed by atoms with Crippen molar-refractivity contribution < 1.29 is 4.79 Å². The van der Waals surface area contributed by atoms with Gasteiger partial charge in [0.05, 0.1) is 6.20 Å². The lowest BCUT2D eigenvalue weighted by Crippen LogP contribution is -2.61. The van der Waals surface area contributed by atoms with E-state index in [9.17, 15) is 10.1 Å². The molecule has 0 spiro atoms. The van der Waals surface area contributed by atoms with Crippen molar-refractivity contribution in [3.8, 4) is 6.07 Å². The molecule has 1 aromatic heterocycles. The number of carbonyl (C=O) groups excluding carboxylic acids is 1. The summed E-state index contributed by atoms with van der Waals surface area (Å²) in [5.74, 6) is 4.33. The Morgan fingerprint density at radius 2 is 1.85 bits per heavy atom. The first-order chi connectivity index (χ1) is 19.4. The number of hydrogen-bond donors (Lipinski definition) is 3. The van der Waals surface area contributed by atoms with E-state index < -0.39 is 0 Å². The third-order valence-corrected chi connectivity index (χ3v) is 10.6. The number of nitrogens with zero attached hydrogens (tertiary/aromatic N) is 3. The van der Waals surface area contributed by atoms with Crippen LogP contribution in [0.2, 0.25) is 5.02 Å². The molecule has 0 radical (unpaired) electrons. The van der Waals surface area contributed by atoms with Crippen molar-refractivity contribution in [1.82, 2.24) is 15.3 Å². The number of hydrogen-bond acceptors (Lipinski definition) is 7. The van der Waals surface area contributed by atoms with Crippen LogP contribution in [0.1, 0.15) is 82.3 Å². The number of benzene rings is 1. The van der Waals surface area contributed by atoms with Crippen molar-refractivity contribution in [2.45, 2.75) is 89.8 Å². The van der Waals surface area contributed by atoms with E-state index in [1.54, 1.807) is 13.1 Å². The van der Waals surface area contributed by atoms with Crippen LogP contribution in [0.5, 0.6) is 0 Å². The predicted octanol–water partition coefficient (Wildman–Crippen LogP) is 6.35. The van der Waals surface area contributed by atoms with Crippen LogP contribution in [0.3, 0.4) is 0 Å². The lowest BCUT2D eigenvalue weighted by molar-refractivity contribution is -0.118. The number of Topliss-reactive ketones (excluding diaryl/α,β-unsaturated/α-hetero) is 1. The molecule has 8 heteroatoms. The van der Waals surface area contributed by atoms with Gasteiger partial charge in [0.1, 0.15) is 23.2 Å². The lowest BCUT2D eigenvalue weighted by atomic mass is 9.47. The van der Waals surface area contributed by atoms with Gasteiger partial charge in [-0.1, -0.05) is 29.8 Å². The molecule has 2 aromatic rings. The third kappa shape index (κ3) is 5.99. The zero-order chi connectivity index (χ0) is 27.7. The maximum atomic E-state index is 11.5. The molecule has 0 aliphatic heterocycles. The Bertz CT molecular complexity index is 1250. The van der Waals surface area contributed by atoms with Crippen LogP contribution in [0.15, 0.2) is 30.5 Å². The molecule has 1 heterocycles. The largest absolute Gasteiger partial charge is 0.368 e. The quantitative estimate of drug-likeness (QED) is 0.311. The Morgan fingerprint density at radius 3 is 2.55 bits per heavy atom. The predicted molar refractivity (Wildman–Crippen MR) is 158 cm³/mol. The first kappa shape index (κ1) is 27.5. The minimum absolute atomic E-state index is 0.274. The first-order valence-corrected chi connectivity index (χ1v) is 15.5. The van der Waals surface area contributed by atoms with Gasteiger partial charge >= 0.3 is 0 Å². The van der Waals surface area contributed by atoms with Gasteiger partial charge in [-0.25, -0.2) is 4.98 Å². The summed E-state index contributed by atoms with van der Waals surface area (Å²) in [6.45, 7) is 3.11. The molecule has 3 N–H and O–H groups in total. The fourth-order valence-electron chi connectivity index (χ4n) is 8.66. The second-order valence-corrected chi connectivity index (χ2v) is 13.6. The van der Waals surface area contributed by atoms with Gasteiger partial charge in [-0.15, -0.1) is 0 Å². The van der Waals surface area contributed by atoms with Crippen molar-refractivity contribution in [2.24, 2.45) is 29.1 Å². The summed E-state index contributed by atoms with van der Waals surface area (Å²) in [6, 6.07) is 11.2. The highest BCUT2D eigenvalue weighted by Gasteiger charge is 2.55. The van der Waals surface area contributed by atoms with E-state index in [2.05, 4.69) is 32.0 Å². The van der Waals surface area contributed by atoms with Gasteiger partial charge in [0.15, 0.2) is 0 Å². The van der Waals surface area contributed by atoms with Crippen molar-refractivity contribution in [1.29, 1.82) is 5.26 Å². The van der Waals surface area contributed by atoms with Crippen molar-refractivity contribution in [3.63, 3.8) is 0 Å². The molecule has 5 atom stereocenters. The van der Waals surface area contributed by atoms with Crippen LogP contribution < -0.4 is 16.0 Å². The van der Waals surface area contributed by atoms with E-state index in [1.165, 1.54) is 57.8 Å². The van der Waals surface area contributed by atoms with E-state index in [4.69, 9.17) is 11.6 Å². The van der Waals surface area contributed by atoms with Gasteiger partial charge in [0.25, 0.3) is 0 Å². The average molecular weight is 561 g/mol. The molecule has 5 saturated carbocycles. The monoisotopic (exact) mass is 560 g/mol. The number of rotatable bonds is 10. The smallest absolute Gasteiger partial charge is 0.224 e. The molecule has 3 unspecified atom stereocenters. The topological polar surface area (TPSA) is 103 Å². The molecule has 5 aliphatic carbocycles. The normalized spacial score (nSPS) is 32.4. The minimum atomic E-state index is 0.274. The van der Waals surface area contributed by atoms with Crippen molar-refractivity contribution in [3.05, 3.63) is 46.6 Å². The Balaban J connectivity index is 1.07. The molecular weight excluding hydrogens is 520 g/mol.